The van der Waals surface area contributed by atoms with Crippen LogP contribution in [0.4, 0.5) is 0 Å². The van der Waals surface area contributed by atoms with Gasteiger partial charge >= 0.3 is 11.9 Å². The molecule has 0 saturated carbocycles. The summed E-state index contributed by atoms with van der Waals surface area (Å²) in [5.74, 6) is -1.71. The van der Waals surface area contributed by atoms with Gasteiger partial charge in [0, 0.05) is 5.75 Å². The second-order valence-corrected chi connectivity index (χ2v) is 4.81. The molecule has 0 amide bonds. The van der Waals surface area contributed by atoms with Crippen molar-refractivity contribution in [1.82, 2.24) is 0 Å². The lowest BCUT2D eigenvalue weighted by Crippen LogP contribution is -2.20. The SMILES string of the molecule is O=C(O)C[C@@H](SC/C=C/c1ccccc1)C(=O)O. The number of aliphatic carboxylic acids is 2. The van der Waals surface area contributed by atoms with E-state index in [1.807, 2.05) is 42.5 Å². The smallest absolute Gasteiger partial charge is 0.317 e. The molecule has 1 aromatic carbocycles. The van der Waals surface area contributed by atoms with Crippen molar-refractivity contribution >= 4 is 29.8 Å². The fourth-order valence-electron chi connectivity index (χ4n) is 1.30. The van der Waals surface area contributed by atoms with E-state index in [0.29, 0.717) is 5.75 Å². The molecule has 0 heterocycles. The van der Waals surface area contributed by atoms with Crippen LogP contribution in [0.5, 0.6) is 0 Å². The maximum atomic E-state index is 10.8. The van der Waals surface area contributed by atoms with Crippen LogP contribution < -0.4 is 0 Å². The van der Waals surface area contributed by atoms with Crippen LogP contribution in [0.3, 0.4) is 0 Å². The predicted octanol–water partition coefficient (Wildman–Crippen LogP) is 2.36. The van der Waals surface area contributed by atoms with E-state index in [-0.39, 0.29) is 6.42 Å². The van der Waals surface area contributed by atoms with Gasteiger partial charge in [0.25, 0.3) is 0 Å². The first-order valence-electron chi connectivity index (χ1n) is 5.37. The number of carboxylic acids is 2. The minimum Gasteiger partial charge on any atom is -0.481 e. The molecule has 0 aliphatic carbocycles. The second-order valence-electron chi connectivity index (χ2n) is 3.57. The highest BCUT2D eigenvalue weighted by Crippen LogP contribution is 2.16. The van der Waals surface area contributed by atoms with Gasteiger partial charge in [-0.15, -0.1) is 11.8 Å². The van der Waals surface area contributed by atoms with E-state index in [2.05, 4.69) is 0 Å². The molecule has 1 aromatic rings. The minimum absolute atomic E-state index is 0.362. The molecule has 0 bridgehead atoms. The van der Waals surface area contributed by atoms with Crippen molar-refractivity contribution in [3.8, 4) is 0 Å². The number of carboxylic acid groups (broad SMARTS) is 2. The molecule has 18 heavy (non-hydrogen) atoms. The lowest BCUT2D eigenvalue weighted by atomic mass is 10.2. The lowest BCUT2D eigenvalue weighted by Gasteiger charge is -2.07. The van der Waals surface area contributed by atoms with Crippen LogP contribution in [0.1, 0.15) is 12.0 Å². The summed E-state index contributed by atoms with van der Waals surface area (Å²) in [6, 6.07) is 9.62. The number of rotatable bonds is 7. The quantitative estimate of drug-likeness (QED) is 0.792. The number of benzene rings is 1. The van der Waals surface area contributed by atoms with E-state index in [0.717, 1.165) is 17.3 Å². The van der Waals surface area contributed by atoms with Crippen molar-refractivity contribution in [2.45, 2.75) is 11.7 Å². The third-order valence-electron chi connectivity index (χ3n) is 2.14. The normalized spacial score (nSPS) is 12.4. The molecular formula is C13H14O4S. The standard InChI is InChI=1S/C13H14O4S/c14-12(15)9-11(13(16)17)18-8-4-7-10-5-2-1-3-6-10/h1-7,11H,8-9H2,(H,14,15)(H,16,17)/b7-4+/t11-/m1/s1. The number of hydrogen-bond acceptors (Lipinski definition) is 3. The first kappa shape index (κ1) is 14.3. The van der Waals surface area contributed by atoms with Crippen LogP contribution in [0.25, 0.3) is 6.08 Å². The Hall–Kier alpha value is -1.75. The van der Waals surface area contributed by atoms with E-state index >= 15 is 0 Å². The Labute approximate surface area is 109 Å². The Morgan fingerprint density at radius 2 is 1.89 bits per heavy atom. The van der Waals surface area contributed by atoms with Gasteiger partial charge in [0.05, 0.1) is 6.42 Å². The zero-order valence-corrected chi connectivity index (χ0v) is 10.5. The van der Waals surface area contributed by atoms with Gasteiger partial charge in [-0.2, -0.15) is 0 Å². The molecule has 0 aliphatic rings. The van der Waals surface area contributed by atoms with Crippen LogP contribution >= 0.6 is 11.8 Å². The second kappa shape index (κ2) is 7.55. The van der Waals surface area contributed by atoms with Crippen molar-refractivity contribution in [2.75, 3.05) is 5.75 Å². The van der Waals surface area contributed by atoms with Crippen LogP contribution in [-0.2, 0) is 9.59 Å². The third-order valence-corrected chi connectivity index (χ3v) is 3.29. The average molecular weight is 266 g/mol. The van der Waals surface area contributed by atoms with E-state index in [1.165, 1.54) is 0 Å². The van der Waals surface area contributed by atoms with Gasteiger partial charge in [0.15, 0.2) is 0 Å². The van der Waals surface area contributed by atoms with E-state index < -0.39 is 17.2 Å². The highest BCUT2D eigenvalue weighted by Gasteiger charge is 2.20. The molecule has 4 nitrogen and oxygen atoms in total. The summed E-state index contributed by atoms with van der Waals surface area (Å²) < 4.78 is 0. The van der Waals surface area contributed by atoms with Crippen LogP contribution in [0.15, 0.2) is 36.4 Å². The number of hydrogen-bond donors (Lipinski definition) is 2. The van der Waals surface area contributed by atoms with Crippen molar-refractivity contribution in [1.29, 1.82) is 0 Å². The van der Waals surface area contributed by atoms with Crippen molar-refractivity contribution in [3.63, 3.8) is 0 Å². The molecule has 0 aromatic heterocycles. The van der Waals surface area contributed by atoms with Gasteiger partial charge in [0.1, 0.15) is 5.25 Å². The zero-order chi connectivity index (χ0) is 13.4. The molecule has 0 unspecified atom stereocenters. The molecule has 0 saturated heterocycles. The minimum atomic E-state index is -1.10. The maximum Gasteiger partial charge on any atom is 0.317 e. The fourth-order valence-corrected chi connectivity index (χ4v) is 2.14. The molecule has 0 radical (unpaired) electrons. The van der Waals surface area contributed by atoms with Gasteiger partial charge in [-0.05, 0) is 5.56 Å². The molecule has 5 heteroatoms. The van der Waals surface area contributed by atoms with Gasteiger partial charge in [-0.1, -0.05) is 42.5 Å². The van der Waals surface area contributed by atoms with Crippen molar-refractivity contribution in [3.05, 3.63) is 42.0 Å². The summed E-state index contributed by atoms with van der Waals surface area (Å²) >= 11 is 1.11. The third kappa shape index (κ3) is 5.54. The Morgan fingerprint density at radius 1 is 1.22 bits per heavy atom. The van der Waals surface area contributed by atoms with E-state index in [4.69, 9.17) is 10.2 Å². The maximum absolute atomic E-state index is 10.8. The van der Waals surface area contributed by atoms with Gasteiger partial charge < -0.3 is 10.2 Å². The van der Waals surface area contributed by atoms with Gasteiger partial charge in [0.2, 0.25) is 0 Å². The first-order valence-corrected chi connectivity index (χ1v) is 6.42. The highest BCUT2D eigenvalue weighted by atomic mass is 32.2. The topological polar surface area (TPSA) is 74.6 Å². The van der Waals surface area contributed by atoms with Crippen LogP contribution in [0, 0.1) is 0 Å². The summed E-state index contributed by atoms with van der Waals surface area (Å²) in [6.45, 7) is 0. The van der Waals surface area contributed by atoms with Crippen LogP contribution in [-0.4, -0.2) is 33.2 Å². The first-order chi connectivity index (χ1) is 8.59. The van der Waals surface area contributed by atoms with Crippen molar-refractivity contribution in [2.24, 2.45) is 0 Å². The monoisotopic (exact) mass is 266 g/mol. The molecule has 96 valence electrons. The molecule has 1 atom stereocenters. The summed E-state index contributed by atoms with van der Waals surface area (Å²) in [4.78, 5) is 21.3. The summed E-state index contributed by atoms with van der Waals surface area (Å²) in [6.07, 6.45) is 3.35. The molecule has 0 spiro atoms. The lowest BCUT2D eigenvalue weighted by molar-refractivity contribution is -0.142. The van der Waals surface area contributed by atoms with Gasteiger partial charge in [-0.25, -0.2) is 0 Å². The number of thioether (sulfide) groups is 1. The largest absolute Gasteiger partial charge is 0.481 e. The Morgan fingerprint density at radius 3 is 2.44 bits per heavy atom. The van der Waals surface area contributed by atoms with E-state index in [1.54, 1.807) is 0 Å². The summed E-state index contributed by atoms with van der Waals surface area (Å²) in [5.41, 5.74) is 1.03. The summed E-state index contributed by atoms with van der Waals surface area (Å²) in [5, 5.41) is 16.5. The Balaban J connectivity index is 2.41. The Bertz CT molecular complexity index is 428. The van der Waals surface area contributed by atoms with Gasteiger partial charge in [-0.3, -0.25) is 9.59 Å². The fraction of sp³-hybridized carbons (Fsp3) is 0.231. The zero-order valence-electron chi connectivity index (χ0n) is 9.65. The molecule has 1 rings (SSSR count). The molecule has 2 N–H and O–H groups in total. The predicted molar refractivity (Wildman–Crippen MR) is 71.6 cm³/mol. The molecule has 0 aliphatic heterocycles. The number of carbonyl (C=O) groups is 2. The highest BCUT2D eigenvalue weighted by molar-refractivity contribution is 8.00. The summed E-state index contributed by atoms with van der Waals surface area (Å²) in [7, 11) is 0. The molecular weight excluding hydrogens is 252 g/mol. The van der Waals surface area contributed by atoms with Crippen LogP contribution in [0.2, 0.25) is 0 Å². The molecule has 0 fully saturated rings. The van der Waals surface area contributed by atoms with Crippen molar-refractivity contribution < 1.29 is 19.8 Å². The van der Waals surface area contributed by atoms with E-state index in [9.17, 15) is 9.59 Å². The average Bonchev–Trinajstić information content (AvgIpc) is 2.33. The Kier molecular flexibility index (Phi) is 6.00.